The third-order valence-electron chi connectivity index (χ3n) is 2.92. The molecule has 0 bridgehead atoms. The molecule has 0 radical (unpaired) electrons. The van der Waals surface area contributed by atoms with Gasteiger partial charge in [-0.05, 0) is 30.4 Å². The monoisotopic (exact) mass is 246 g/mol. The maximum absolute atomic E-state index is 11.7. The summed E-state index contributed by atoms with van der Waals surface area (Å²) >= 11 is 0. The van der Waals surface area contributed by atoms with E-state index in [1.807, 2.05) is 31.2 Å². The molecule has 1 aromatic carbocycles. The van der Waals surface area contributed by atoms with Crippen molar-refractivity contribution in [2.24, 2.45) is 0 Å². The Bertz CT molecular complexity index is 413. The number of benzene rings is 1. The average Bonchev–Trinajstić information content (AvgIpc) is 2.39. The average molecular weight is 246 g/mol. The Morgan fingerprint density at radius 1 is 1.33 bits per heavy atom. The van der Waals surface area contributed by atoms with Gasteiger partial charge in [0.2, 0.25) is 0 Å². The number of carbonyl (C=O) groups excluding carboxylic acids is 1. The molecule has 0 aliphatic heterocycles. The molecule has 0 aliphatic carbocycles. The Kier molecular flexibility index (Phi) is 5.98. The molecule has 98 valence electrons. The Morgan fingerprint density at radius 3 is 2.72 bits per heavy atom. The van der Waals surface area contributed by atoms with Crippen LogP contribution in [0.4, 0.5) is 10.5 Å². The largest absolute Gasteiger partial charge is 0.323 e. The first-order chi connectivity index (χ1) is 8.69. The van der Waals surface area contributed by atoms with E-state index in [-0.39, 0.29) is 6.03 Å². The molecule has 18 heavy (non-hydrogen) atoms. The molecule has 3 nitrogen and oxygen atoms in total. The predicted molar refractivity (Wildman–Crippen MR) is 76.7 cm³/mol. The minimum absolute atomic E-state index is 0.199. The molecule has 0 heterocycles. The second-order valence-electron chi connectivity index (χ2n) is 4.31. The number of rotatable bonds is 5. The van der Waals surface area contributed by atoms with E-state index in [0.717, 1.165) is 18.5 Å². The summed E-state index contributed by atoms with van der Waals surface area (Å²) in [5, 5.41) is 5.57. The molecule has 1 unspecified atom stereocenters. The number of hydrogen-bond acceptors (Lipinski definition) is 1. The summed E-state index contributed by atoms with van der Waals surface area (Å²) in [7, 11) is 0. The zero-order chi connectivity index (χ0) is 13.4. The Morgan fingerprint density at radius 2 is 2.06 bits per heavy atom. The van der Waals surface area contributed by atoms with E-state index >= 15 is 0 Å². The fraction of sp³-hybridized carbons (Fsp3) is 0.400. The molecule has 0 aliphatic rings. The van der Waals surface area contributed by atoms with E-state index < -0.39 is 0 Å². The molecule has 0 saturated carbocycles. The summed E-state index contributed by atoms with van der Waals surface area (Å²) < 4.78 is 0. The van der Waals surface area contributed by atoms with Crippen LogP contribution in [-0.2, 0) is 0 Å². The SMILES string of the molecule is CC/C=C/NC(=O)Nc1ccccc1C(C)CC. The lowest BCUT2D eigenvalue weighted by Crippen LogP contribution is -2.24. The quantitative estimate of drug-likeness (QED) is 0.801. The molecule has 1 atom stereocenters. The fourth-order valence-corrected chi connectivity index (χ4v) is 1.67. The summed E-state index contributed by atoms with van der Waals surface area (Å²) in [5.74, 6) is 0.438. The van der Waals surface area contributed by atoms with Crippen molar-refractivity contribution in [3.8, 4) is 0 Å². The lowest BCUT2D eigenvalue weighted by molar-refractivity contribution is 0.255. The van der Waals surface area contributed by atoms with Gasteiger partial charge in [-0.25, -0.2) is 4.79 Å². The summed E-state index contributed by atoms with van der Waals surface area (Å²) in [5.41, 5.74) is 2.06. The number of nitrogens with one attached hydrogen (secondary N) is 2. The normalized spacial score (nSPS) is 12.4. The van der Waals surface area contributed by atoms with E-state index in [1.54, 1.807) is 6.20 Å². The van der Waals surface area contributed by atoms with Gasteiger partial charge in [0, 0.05) is 11.9 Å². The number of hydrogen-bond donors (Lipinski definition) is 2. The van der Waals surface area contributed by atoms with Crippen LogP contribution in [0, 0.1) is 0 Å². The van der Waals surface area contributed by atoms with Gasteiger partial charge in [-0.15, -0.1) is 0 Å². The number of amides is 2. The molecule has 2 N–H and O–H groups in total. The van der Waals surface area contributed by atoms with Crippen LogP contribution >= 0.6 is 0 Å². The van der Waals surface area contributed by atoms with Crippen LogP contribution in [0.3, 0.4) is 0 Å². The lowest BCUT2D eigenvalue weighted by Gasteiger charge is -2.15. The molecule has 2 amide bonds. The molecule has 1 rings (SSSR count). The van der Waals surface area contributed by atoms with Crippen molar-refractivity contribution >= 4 is 11.7 Å². The van der Waals surface area contributed by atoms with Gasteiger partial charge in [-0.3, -0.25) is 0 Å². The van der Waals surface area contributed by atoms with Crippen LogP contribution in [0.2, 0.25) is 0 Å². The summed E-state index contributed by atoms with van der Waals surface area (Å²) in [6.45, 7) is 6.33. The van der Waals surface area contributed by atoms with Crippen molar-refractivity contribution in [3.63, 3.8) is 0 Å². The minimum Gasteiger partial charge on any atom is -0.315 e. The molecule has 0 saturated heterocycles. The number of allylic oxidation sites excluding steroid dienone is 1. The molecule has 0 fully saturated rings. The van der Waals surface area contributed by atoms with Gasteiger partial charge in [0.25, 0.3) is 0 Å². The highest BCUT2D eigenvalue weighted by Crippen LogP contribution is 2.26. The second kappa shape index (κ2) is 7.54. The first-order valence-electron chi connectivity index (χ1n) is 6.50. The fourth-order valence-electron chi connectivity index (χ4n) is 1.67. The van der Waals surface area contributed by atoms with E-state index in [9.17, 15) is 4.79 Å². The highest BCUT2D eigenvalue weighted by molar-refractivity contribution is 5.90. The number of urea groups is 1. The maximum atomic E-state index is 11.7. The lowest BCUT2D eigenvalue weighted by atomic mass is 9.97. The van der Waals surface area contributed by atoms with Gasteiger partial charge in [-0.1, -0.05) is 45.0 Å². The number of anilines is 1. The molecule has 1 aromatic rings. The standard InChI is InChI=1S/C15H22N2O/c1-4-6-11-16-15(18)17-14-10-8-7-9-13(14)12(3)5-2/h6-12H,4-5H2,1-3H3,(H2,16,17,18)/b11-6+. The Labute approximate surface area is 109 Å². The highest BCUT2D eigenvalue weighted by Gasteiger charge is 2.09. The number of carbonyl (C=O) groups is 1. The van der Waals surface area contributed by atoms with Crippen LogP contribution in [0.5, 0.6) is 0 Å². The first-order valence-corrected chi connectivity index (χ1v) is 6.50. The molecule has 3 heteroatoms. The number of para-hydroxylation sites is 1. The third-order valence-corrected chi connectivity index (χ3v) is 2.92. The van der Waals surface area contributed by atoms with Crippen molar-refractivity contribution in [3.05, 3.63) is 42.1 Å². The summed E-state index contributed by atoms with van der Waals surface area (Å²) in [4.78, 5) is 11.7. The second-order valence-corrected chi connectivity index (χ2v) is 4.31. The van der Waals surface area contributed by atoms with Gasteiger partial charge in [0.05, 0.1) is 0 Å². The molecular weight excluding hydrogens is 224 g/mol. The van der Waals surface area contributed by atoms with E-state index in [1.165, 1.54) is 5.56 Å². The van der Waals surface area contributed by atoms with Gasteiger partial charge in [-0.2, -0.15) is 0 Å². The van der Waals surface area contributed by atoms with Crippen LogP contribution in [0.1, 0.15) is 45.1 Å². The van der Waals surface area contributed by atoms with Crippen molar-refractivity contribution in [1.82, 2.24) is 5.32 Å². The topological polar surface area (TPSA) is 41.1 Å². The Hall–Kier alpha value is -1.77. The zero-order valence-corrected chi connectivity index (χ0v) is 11.4. The van der Waals surface area contributed by atoms with Gasteiger partial charge in [0.15, 0.2) is 0 Å². The summed E-state index contributed by atoms with van der Waals surface area (Å²) in [6.07, 6.45) is 5.53. The maximum Gasteiger partial charge on any atom is 0.323 e. The smallest absolute Gasteiger partial charge is 0.315 e. The zero-order valence-electron chi connectivity index (χ0n) is 11.4. The van der Waals surface area contributed by atoms with Crippen LogP contribution in [-0.4, -0.2) is 6.03 Å². The van der Waals surface area contributed by atoms with Crippen molar-refractivity contribution in [2.45, 2.75) is 39.5 Å². The first kappa shape index (κ1) is 14.3. The Balaban J connectivity index is 2.72. The van der Waals surface area contributed by atoms with Crippen LogP contribution < -0.4 is 10.6 Å². The van der Waals surface area contributed by atoms with E-state index in [0.29, 0.717) is 5.92 Å². The van der Waals surface area contributed by atoms with Crippen molar-refractivity contribution in [2.75, 3.05) is 5.32 Å². The van der Waals surface area contributed by atoms with Gasteiger partial charge < -0.3 is 10.6 Å². The molecule has 0 spiro atoms. The van der Waals surface area contributed by atoms with E-state index in [4.69, 9.17) is 0 Å². The third kappa shape index (κ3) is 4.24. The molecular formula is C15H22N2O. The minimum atomic E-state index is -0.199. The van der Waals surface area contributed by atoms with Crippen molar-refractivity contribution in [1.29, 1.82) is 0 Å². The van der Waals surface area contributed by atoms with Crippen LogP contribution in [0.15, 0.2) is 36.5 Å². The van der Waals surface area contributed by atoms with Gasteiger partial charge >= 0.3 is 6.03 Å². The predicted octanol–water partition coefficient (Wildman–Crippen LogP) is 4.25. The van der Waals surface area contributed by atoms with Crippen molar-refractivity contribution < 1.29 is 4.79 Å². The van der Waals surface area contributed by atoms with E-state index in [2.05, 4.69) is 30.5 Å². The highest BCUT2D eigenvalue weighted by atomic mass is 16.2. The summed E-state index contributed by atoms with van der Waals surface area (Å²) in [6, 6.07) is 7.73. The van der Waals surface area contributed by atoms with Gasteiger partial charge in [0.1, 0.15) is 0 Å². The van der Waals surface area contributed by atoms with Crippen LogP contribution in [0.25, 0.3) is 0 Å². The molecule has 0 aromatic heterocycles.